The Hall–Kier alpha value is -3.54. The average molecular weight is 412 g/mol. The molecule has 1 aromatic heterocycles. The number of carbonyl (C=O) groups excluding carboxylic acids is 2. The van der Waals surface area contributed by atoms with E-state index in [1.807, 2.05) is 36.4 Å². The van der Waals surface area contributed by atoms with E-state index in [9.17, 15) is 9.59 Å². The maximum absolute atomic E-state index is 12.8. The molecule has 2 aliphatic rings. The standard InChI is InChI=1S/C25H24N4O2/c1-15(2)19-6-4-5-7-21(19)23-26-12-17-11-22(30)29(24(17)27-23)13-16-8-9-20-18(10-16)14-28(3)25(20)31/h4-10,12,15H,11,13-14H2,1-3H3. The van der Waals surface area contributed by atoms with Gasteiger partial charge in [0.2, 0.25) is 5.91 Å². The number of hydrogen-bond donors (Lipinski definition) is 0. The quantitative estimate of drug-likeness (QED) is 0.651. The normalized spacial score (nSPS) is 15.1. The molecule has 0 N–H and O–H groups in total. The van der Waals surface area contributed by atoms with Gasteiger partial charge in [0.25, 0.3) is 5.91 Å². The summed E-state index contributed by atoms with van der Waals surface area (Å²) in [6, 6.07) is 14.0. The topological polar surface area (TPSA) is 66.4 Å². The summed E-state index contributed by atoms with van der Waals surface area (Å²) in [6.07, 6.45) is 2.09. The van der Waals surface area contributed by atoms with Crippen molar-refractivity contribution >= 4 is 17.6 Å². The van der Waals surface area contributed by atoms with Gasteiger partial charge in [-0.05, 0) is 28.7 Å². The van der Waals surface area contributed by atoms with Crippen molar-refractivity contribution in [2.75, 3.05) is 11.9 Å². The second-order valence-corrected chi connectivity index (χ2v) is 8.59. The summed E-state index contributed by atoms with van der Waals surface area (Å²) in [5.74, 6) is 1.74. The van der Waals surface area contributed by atoms with Gasteiger partial charge in [-0.15, -0.1) is 0 Å². The second kappa shape index (κ2) is 7.30. The SMILES string of the molecule is CC(C)c1ccccc1-c1ncc2c(n1)N(Cc1ccc3c(c1)CN(C)C3=O)C(=O)C2. The molecule has 0 saturated carbocycles. The van der Waals surface area contributed by atoms with Crippen LogP contribution in [0.4, 0.5) is 5.82 Å². The van der Waals surface area contributed by atoms with Crippen LogP contribution in [0, 0.1) is 0 Å². The first-order valence-corrected chi connectivity index (χ1v) is 10.5. The lowest BCUT2D eigenvalue weighted by Crippen LogP contribution is -2.26. The Bertz CT molecular complexity index is 1220. The molecule has 6 nitrogen and oxygen atoms in total. The fraction of sp³-hybridized carbons (Fsp3) is 0.280. The predicted molar refractivity (Wildman–Crippen MR) is 119 cm³/mol. The molecule has 0 spiro atoms. The van der Waals surface area contributed by atoms with E-state index in [0.717, 1.165) is 27.8 Å². The van der Waals surface area contributed by atoms with Gasteiger partial charge in [-0.3, -0.25) is 14.5 Å². The van der Waals surface area contributed by atoms with Crippen molar-refractivity contribution in [1.29, 1.82) is 0 Å². The molecular formula is C25H24N4O2. The van der Waals surface area contributed by atoms with Crippen molar-refractivity contribution < 1.29 is 9.59 Å². The number of fused-ring (bicyclic) bond motifs is 2. The van der Waals surface area contributed by atoms with E-state index >= 15 is 0 Å². The van der Waals surface area contributed by atoms with E-state index in [1.165, 1.54) is 5.56 Å². The van der Waals surface area contributed by atoms with Crippen molar-refractivity contribution in [3.8, 4) is 11.4 Å². The van der Waals surface area contributed by atoms with Crippen molar-refractivity contribution in [2.45, 2.75) is 39.3 Å². The molecular weight excluding hydrogens is 388 g/mol. The maximum Gasteiger partial charge on any atom is 0.254 e. The molecule has 5 rings (SSSR count). The lowest BCUT2D eigenvalue weighted by molar-refractivity contribution is -0.117. The first-order valence-electron chi connectivity index (χ1n) is 10.5. The highest BCUT2D eigenvalue weighted by Gasteiger charge is 2.31. The van der Waals surface area contributed by atoms with Crippen LogP contribution in [0.3, 0.4) is 0 Å². The Morgan fingerprint density at radius 3 is 2.65 bits per heavy atom. The molecule has 6 heteroatoms. The van der Waals surface area contributed by atoms with E-state index < -0.39 is 0 Å². The number of amides is 2. The number of carbonyl (C=O) groups is 2. The lowest BCUT2D eigenvalue weighted by atomic mass is 9.97. The van der Waals surface area contributed by atoms with Gasteiger partial charge in [-0.1, -0.05) is 50.2 Å². The van der Waals surface area contributed by atoms with Crippen LogP contribution >= 0.6 is 0 Å². The summed E-state index contributed by atoms with van der Waals surface area (Å²) in [7, 11) is 1.80. The zero-order chi connectivity index (χ0) is 21.7. The van der Waals surface area contributed by atoms with E-state index in [0.29, 0.717) is 37.1 Å². The second-order valence-electron chi connectivity index (χ2n) is 8.59. The Labute approximate surface area is 181 Å². The molecule has 0 unspecified atom stereocenters. The van der Waals surface area contributed by atoms with Gasteiger partial charge >= 0.3 is 0 Å². The molecule has 0 fully saturated rings. The molecule has 3 heterocycles. The minimum Gasteiger partial charge on any atom is -0.337 e. The summed E-state index contributed by atoms with van der Waals surface area (Å²) >= 11 is 0. The molecule has 156 valence electrons. The van der Waals surface area contributed by atoms with E-state index in [2.05, 4.69) is 24.9 Å². The number of anilines is 1. The van der Waals surface area contributed by atoms with Crippen LogP contribution in [0.1, 0.15) is 52.4 Å². The highest BCUT2D eigenvalue weighted by atomic mass is 16.2. The summed E-state index contributed by atoms with van der Waals surface area (Å²) in [5.41, 5.74) is 5.78. The van der Waals surface area contributed by atoms with Crippen molar-refractivity contribution in [3.05, 3.63) is 76.5 Å². The number of aromatic nitrogens is 2. The third kappa shape index (κ3) is 3.28. The van der Waals surface area contributed by atoms with Gasteiger partial charge in [0, 0.05) is 36.5 Å². The first kappa shape index (κ1) is 19.4. The monoisotopic (exact) mass is 412 g/mol. The molecule has 0 bridgehead atoms. The van der Waals surface area contributed by atoms with Gasteiger partial charge in [-0.25, -0.2) is 9.97 Å². The van der Waals surface area contributed by atoms with Crippen LogP contribution in [0.25, 0.3) is 11.4 Å². The van der Waals surface area contributed by atoms with Crippen LogP contribution in [-0.4, -0.2) is 33.7 Å². The maximum atomic E-state index is 12.8. The Kier molecular flexibility index (Phi) is 4.58. The summed E-state index contributed by atoms with van der Waals surface area (Å²) in [5, 5.41) is 0. The van der Waals surface area contributed by atoms with Gasteiger partial charge in [0.05, 0.1) is 13.0 Å². The number of benzene rings is 2. The van der Waals surface area contributed by atoms with Crippen LogP contribution in [0.5, 0.6) is 0 Å². The van der Waals surface area contributed by atoms with E-state index in [4.69, 9.17) is 4.98 Å². The fourth-order valence-corrected chi connectivity index (χ4v) is 4.43. The highest BCUT2D eigenvalue weighted by Crippen LogP contribution is 2.33. The van der Waals surface area contributed by atoms with Crippen LogP contribution in [0.15, 0.2) is 48.7 Å². The third-order valence-electron chi connectivity index (χ3n) is 6.06. The number of hydrogen-bond acceptors (Lipinski definition) is 4. The van der Waals surface area contributed by atoms with Crippen molar-refractivity contribution in [1.82, 2.24) is 14.9 Å². The zero-order valence-corrected chi connectivity index (χ0v) is 17.9. The summed E-state index contributed by atoms with van der Waals surface area (Å²) < 4.78 is 0. The Morgan fingerprint density at radius 2 is 1.84 bits per heavy atom. The van der Waals surface area contributed by atoms with Gasteiger partial charge in [0.1, 0.15) is 5.82 Å². The van der Waals surface area contributed by atoms with E-state index in [1.54, 1.807) is 23.0 Å². The van der Waals surface area contributed by atoms with Crippen LogP contribution < -0.4 is 4.90 Å². The molecule has 2 aliphatic heterocycles. The number of rotatable bonds is 4. The van der Waals surface area contributed by atoms with Crippen LogP contribution in [-0.2, 0) is 24.3 Å². The van der Waals surface area contributed by atoms with Crippen molar-refractivity contribution in [2.24, 2.45) is 0 Å². The highest BCUT2D eigenvalue weighted by molar-refractivity contribution is 6.00. The van der Waals surface area contributed by atoms with Gasteiger partial charge in [-0.2, -0.15) is 0 Å². The molecule has 31 heavy (non-hydrogen) atoms. The number of nitrogens with zero attached hydrogens (tertiary/aromatic N) is 4. The van der Waals surface area contributed by atoms with E-state index in [-0.39, 0.29) is 11.8 Å². The smallest absolute Gasteiger partial charge is 0.254 e. The fourth-order valence-electron chi connectivity index (χ4n) is 4.43. The Balaban J connectivity index is 1.49. The molecule has 0 saturated heterocycles. The summed E-state index contributed by atoms with van der Waals surface area (Å²) in [4.78, 5) is 37.8. The minimum atomic E-state index is 0.0206. The molecule has 2 aromatic carbocycles. The third-order valence-corrected chi connectivity index (χ3v) is 6.06. The largest absolute Gasteiger partial charge is 0.337 e. The van der Waals surface area contributed by atoms with Crippen molar-refractivity contribution in [3.63, 3.8) is 0 Å². The molecule has 0 aliphatic carbocycles. The predicted octanol–water partition coefficient (Wildman–Crippen LogP) is 3.94. The summed E-state index contributed by atoms with van der Waals surface area (Å²) in [6.45, 7) is 5.33. The Morgan fingerprint density at radius 1 is 1.03 bits per heavy atom. The molecule has 2 amide bonds. The zero-order valence-electron chi connectivity index (χ0n) is 17.9. The molecule has 3 aromatic rings. The first-order chi connectivity index (χ1) is 14.9. The van der Waals surface area contributed by atoms with Crippen LogP contribution in [0.2, 0.25) is 0 Å². The average Bonchev–Trinajstić information content (AvgIpc) is 3.22. The lowest BCUT2D eigenvalue weighted by Gasteiger charge is -2.18. The molecule has 0 radical (unpaired) electrons. The van der Waals surface area contributed by atoms with Gasteiger partial charge in [0.15, 0.2) is 5.82 Å². The minimum absolute atomic E-state index is 0.0206. The molecule has 0 atom stereocenters. The van der Waals surface area contributed by atoms with Gasteiger partial charge < -0.3 is 4.90 Å².